The van der Waals surface area contributed by atoms with Crippen molar-refractivity contribution in [3.8, 4) is 44.5 Å². The van der Waals surface area contributed by atoms with Gasteiger partial charge in [0.2, 0.25) is 0 Å². The van der Waals surface area contributed by atoms with Crippen LogP contribution < -0.4 is 19.6 Å². The zero-order valence-corrected chi connectivity index (χ0v) is 82.7. The van der Waals surface area contributed by atoms with E-state index in [-0.39, 0.29) is 23.7 Å². The molecule has 1 atom stereocenters. The van der Waals surface area contributed by atoms with Crippen molar-refractivity contribution in [2.75, 3.05) is 19.6 Å². The maximum Gasteiger partial charge on any atom is 0.0543 e. The Hall–Kier alpha value is -14.3. The van der Waals surface area contributed by atoms with Gasteiger partial charge in [-0.2, -0.15) is 0 Å². The highest BCUT2D eigenvalue weighted by Gasteiger charge is 2.34. The van der Waals surface area contributed by atoms with E-state index in [2.05, 4.69) is 475 Å². The molecule has 20 aromatic rings. The first kappa shape index (κ1) is 87.3. The standard InChI is InChI=1S/C131H122N4/c1-74(2)116-70-124(132(104-55-81(11)88(18)82(12)56-104)105-57-83(13)89(19)84(14)58-105)112-51-47-109-117(75(3)4)71-125(113-52-48-108(116)128(112)129(109)113)133(106-59-85(15)90(20)86(16)60-106)107-61-87(17)91(21)103(65-107)63-93-31-29-37-97(62-93)101-45-41-79(9)122(68-101)135(121-67-100(44-40-78(121)8)95-34-27-24-28-35-95)127-73-119-92(22)96-36-30-38-98(64-96)102-46-42-80(10)123(69-102)134(120-66-99(43-39-77(120)7)94-32-25-23-26-33-94)126-72-118(76(5)6)110-49-53-115(127)131-111(119)50-54-114(126)130(110)131/h23-62,64-76,92H,63H2,1-22H3. The lowest BCUT2D eigenvalue weighted by molar-refractivity contribution is 0.875. The number of fused-ring (bicyclic) bond motifs is 6. The van der Waals surface area contributed by atoms with Crippen LogP contribution in [0.2, 0.25) is 0 Å². The number of rotatable bonds is 18. The molecule has 1 heterocycles. The minimum absolute atomic E-state index is 0.0147. The van der Waals surface area contributed by atoms with E-state index in [1.54, 1.807) is 0 Å². The molecule has 4 heteroatoms. The monoisotopic (exact) mass is 1750 g/mol. The molecule has 0 saturated carbocycles. The van der Waals surface area contributed by atoms with Crippen molar-refractivity contribution in [1.82, 2.24) is 0 Å². The summed E-state index contributed by atoms with van der Waals surface area (Å²) in [5.41, 5.74) is 51.6. The lowest BCUT2D eigenvalue weighted by Crippen LogP contribution is -2.16. The topological polar surface area (TPSA) is 13.0 Å². The summed E-state index contributed by atoms with van der Waals surface area (Å²) < 4.78 is 0. The lowest BCUT2D eigenvalue weighted by atomic mass is 9.81. The predicted octanol–water partition coefficient (Wildman–Crippen LogP) is 38.1. The van der Waals surface area contributed by atoms with Gasteiger partial charge in [-0.1, -0.05) is 255 Å². The number of aryl methyl sites for hydroxylation is 11. The van der Waals surface area contributed by atoms with Crippen molar-refractivity contribution in [3.05, 3.63) is 426 Å². The molecule has 6 bridgehead atoms. The quantitative estimate of drug-likeness (QED) is 0.0794. The van der Waals surface area contributed by atoms with Gasteiger partial charge in [0.15, 0.2) is 0 Å². The molecule has 0 spiro atoms. The van der Waals surface area contributed by atoms with Crippen LogP contribution in [0.3, 0.4) is 0 Å². The van der Waals surface area contributed by atoms with Gasteiger partial charge in [-0.05, 0) is 435 Å². The minimum atomic E-state index is -0.0147. The fourth-order valence-corrected chi connectivity index (χ4v) is 22.5. The van der Waals surface area contributed by atoms with E-state index < -0.39 is 0 Å². The van der Waals surface area contributed by atoms with E-state index in [4.69, 9.17) is 0 Å². The zero-order valence-electron chi connectivity index (χ0n) is 82.7. The Bertz CT molecular complexity index is 8070. The summed E-state index contributed by atoms with van der Waals surface area (Å²) in [6.45, 7) is 51.2. The molecule has 1 unspecified atom stereocenters. The summed E-state index contributed by atoms with van der Waals surface area (Å²) in [6, 6.07) is 119. The molecule has 135 heavy (non-hydrogen) atoms. The summed E-state index contributed by atoms with van der Waals surface area (Å²) in [5, 5.41) is 15.3. The molecule has 0 fully saturated rings. The summed E-state index contributed by atoms with van der Waals surface area (Å²) >= 11 is 0. The van der Waals surface area contributed by atoms with Gasteiger partial charge >= 0.3 is 0 Å². The van der Waals surface area contributed by atoms with Crippen LogP contribution in [-0.2, 0) is 6.42 Å². The highest BCUT2D eigenvalue weighted by Crippen LogP contribution is 2.58. The van der Waals surface area contributed by atoms with Crippen molar-refractivity contribution >= 4 is 133 Å². The highest BCUT2D eigenvalue weighted by atomic mass is 15.2. The fraction of sp³-hybridized carbons (Fsp3) is 0.206. The second-order valence-corrected chi connectivity index (χ2v) is 40.5. The van der Waals surface area contributed by atoms with E-state index in [0.29, 0.717) is 0 Å². The number of benzene rings is 20. The van der Waals surface area contributed by atoms with Crippen LogP contribution in [0, 0.1) is 104 Å². The molecule has 20 aromatic carbocycles. The van der Waals surface area contributed by atoms with Gasteiger partial charge in [0.25, 0.3) is 0 Å². The molecule has 0 aliphatic carbocycles. The minimum Gasteiger partial charge on any atom is -0.310 e. The summed E-state index contributed by atoms with van der Waals surface area (Å²) in [5.74, 6) is 0.635. The average molecular weight is 1750 g/mol. The molecule has 0 saturated heterocycles. The molecule has 4 nitrogen and oxygen atoms in total. The van der Waals surface area contributed by atoms with E-state index in [1.165, 1.54) is 254 Å². The van der Waals surface area contributed by atoms with Gasteiger partial charge in [-0.3, -0.25) is 0 Å². The molecule has 0 aromatic heterocycles. The molecule has 0 radical (unpaired) electrons. The van der Waals surface area contributed by atoms with Gasteiger partial charge in [0.1, 0.15) is 0 Å². The number of hydrogen-bond acceptors (Lipinski definition) is 4. The molecule has 0 amide bonds. The normalized spacial score (nSPS) is 12.8. The van der Waals surface area contributed by atoms with Crippen LogP contribution in [0.1, 0.15) is 195 Å². The van der Waals surface area contributed by atoms with Crippen LogP contribution in [-0.4, -0.2) is 0 Å². The molecule has 1 aliphatic rings. The number of hydrogen-bond donors (Lipinski definition) is 0. The molecule has 1 aliphatic heterocycles. The molecular weight excluding hydrogens is 1630 g/mol. The van der Waals surface area contributed by atoms with Crippen molar-refractivity contribution in [2.45, 2.75) is 182 Å². The third kappa shape index (κ3) is 14.9. The van der Waals surface area contributed by atoms with Crippen molar-refractivity contribution in [3.63, 3.8) is 0 Å². The Kier molecular flexibility index (Phi) is 22.0. The van der Waals surface area contributed by atoms with Crippen molar-refractivity contribution in [1.29, 1.82) is 0 Å². The van der Waals surface area contributed by atoms with Crippen molar-refractivity contribution < 1.29 is 0 Å². The second kappa shape index (κ2) is 34.0. The van der Waals surface area contributed by atoms with Gasteiger partial charge in [-0.15, -0.1) is 0 Å². The Balaban J connectivity index is 0.744. The average Bonchev–Trinajstić information content (AvgIpc) is 0.709. The largest absolute Gasteiger partial charge is 0.310 e. The number of anilines is 12. The van der Waals surface area contributed by atoms with Gasteiger partial charge in [0.05, 0.1) is 22.7 Å². The van der Waals surface area contributed by atoms with Gasteiger partial charge in [-0.25, -0.2) is 0 Å². The Morgan fingerprint density at radius 3 is 1.04 bits per heavy atom. The lowest BCUT2D eigenvalue weighted by Gasteiger charge is -2.34. The van der Waals surface area contributed by atoms with Crippen LogP contribution in [0.5, 0.6) is 0 Å². The Morgan fingerprint density at radius 1 is 0.237 bits per heavy atom. The fourth-order valence-electron chi connectivity index (χ4n) is 22.5. The first-order valence-electron chi connectivity index (χ1n) is 48.9. The summed E-state index contributed by atoms with van der Waals surface area (Å²) in [4.78, 5) is 10.5. The van der Waals surface area contributed by atoms with Crippen molar-refractivity contribution in [2.24, 2.45) is 0 Å². The second-order valence-electron chi connectivity index (χ2n) is 40.5. The highest BCUT2D eigenvalue weighted by molar-refractivity contribution is 6.31. The Morgan fingerprint density at radius 2 is 0.578 bits per heavy atom. The van der Waals surface area contributed by atoms with E-state index in [9.17, 15) is 0 Å². The van der Waals surface area contributed by atoms with Gasteiger partial charge in [0, 0.05) is 73.0 Å². The molecule has 666 valence electrons. The predicted molar refractivity (Wildman–Crippen MR) is 584 cm³/mol. The van der Waals surface area contributed by atoms with Gasteiger partial charge < -0.3 is 19.6 Å². The molecular formula is C131H122N4. The maximum atomic E-state index is 2.66. The van der Waals surface area contributed by atoms with Crippen LogP contribution >= 0.6 is 0 Å². The van der Waals surface area contributed by atoms with E-state index >= 15 is 0 Å². The van der Waals surface area contributed by atoms with E-state index in [0.717, 1.165) is 51.8 Å². The van der Waals surface area contributed by atoms with Crippen LogP contribution in [0.25, 0.3) is 109 Å². The third-order valence-corrected chi connectivity index (χ3v) is 31.1. The summed E-state index contributed by atoms with van der Waals surface area (Å²) in [7, 11) is 0. The summed E-state index contributed by atoms with van der Waals surface area (Å²) in [6.07, 6.45) is 0.729. The van der Waals surface area contributed by atoms with Crippen LogP contribution in [0.4, 0.5) is 68.2 Å². The maximum absolute atomic E-state index is 2.66. The van der Waals surface area contributed by atoms with E-state index in [1.807, 2.05) is 0 Å². The third-order valence-electron chi connectivity index (χ3n) is 31.1. The first-order chi connectivity index (χ1) is 65.0. The first-order valence-corrected chi connectivity index (χ1v) is 48.9. The molecule has 0 N–H and O–H groups in total. The smallest absolute Gasteiger partial charge is 0.0543 e. The molecule has 21 rings (SSSR count). The van der Waals surface area contributed by atoms with Crippen LogP contribution in [0.15, 0.2) is 303 Å². The number of nitrogens with zero attached hydrogens (tertiary/aromatic N) is 4. The zero-order chi connectivity index (χ0) is 93.9. The SMILES string of the molecule is Cc1ccc(-c2ccccc2)cc1N1c2cc(ccc2C)-c2cccc(c2)C(C)c2cc(N(c3cc(-c4ccccc4)ccc3C)c3cc(-c4cccc(Cc5cc(N(c6cc(C)c(C)c(C)c6)c6cc(C(C)C)c7ccc8c(N(c9cc(C)c(C)c(C)c9)c9cc(C)c(C)c(C)c9)cc(C(C)C)c9ccc6c7c98)cc(C)c5C)c4)ccc3C)c3ccc4c(C(C)C)cc1c1ccc2c3c41. The Labute approximate surface area is 799 Å².